The quantitative estimate of drug-likeness (QED) is 0.375. The molecule has 6 heteroatoms. The summed E-state index contributed by atoms with van der Waals surface area (Å²) in [6.45, 7) is 4.07. The molecule has 2 aromatic carbocycles. The van der Waals surface area contributed by atoms with Crippen LogP contribution in [0.25, 0.3) is 33.1 Å². The van der Waals surface area contributed by atoms with E-state index in [1.807, 2.05) is 50.2 Å². The van der Waals surface area contributed by atoms with Crippen molar-refractivity contribution in [2.45, 2.75) is 26.7 Å². The van der Waals surface area contributed by atoms with Crippen LogP contribution in [0.15, 0.2) is 56.3 Å². The first kappa shape index (κ1) is 19.9. The lowest BCUT2D eigenvalue weighted by atomic mass is 9.97. The van der Waals surface area contributed by atoms with Crippen LogP contribution < -0.4 is 10.9 Å². The summed E-state index contributed by atoms with van der Waals surface area (Å²) in [4.78, 5) is 24.8. The number of aryl methyl sites for hydroxylation is 2. The van der Waals surface area contributed by atoms with Gasteiger partial charge >= 0.3 is 5.63 Å². The average molecular weight is 405 g/mol. The molecule has 0 unspecified atom stereocenters. The Morgan fingerprint density at radius 2 is 1.83 bits per heavy atom. The van der Waals surface area contributed by atoms with E-state index in [1.54, 1.807) is 6.26 Å². The monoisotopic (exact) mass is 405 g/mol. The topological polar surface area (TPSA) is 92.7 Å². The van der Waals surface area contributed by atoms with Gasteiger partial charge in [0.05, 0.1) is 18.2 Å². The summed E-state index contributed by atoms with van der Waals surface area (Å²) < 4.78 is 11.4. The third-order valence-corrected chi connectivity index (χ3v) is 5.42. The number of aliphatic hydroxyl groups is 1. The Bertz CT molecular complexity index is 1280. The normalized spacial score (nSPS) is 11.3. The Hall–Kier alpha value is -3.38. The Kier molecular flexibility index (Phi) is 5.42. The van der Waals surface area contributed by atoms with Gasteiger partial charge in [0.1, 0.15) is 11.2 Å². The molecule has 0 aliphatic rings. The van der Waals surface area contributed by atoms with E-state index in [0.717, 1.165) is 33.0 Å². The molecular weight excluding hydrogens is 382 g/mol. The summed E-state index contributed by atoms with van der Waals surface area (Å²) in [5.41, 5.74) is 4.45. The van der Waals surface area contributed by atoms with E-state index in [2.05, 4.69) is 5.32 Å². The SMILES string of the molecule is Cc1c(CC(=O)NCCCO)c(=O)oc2c(C)c3occ(-c4ccccc4)c3cc12. The minimum atomic E-state index is -0.519. The predicted molar refractivity (Wildman–Crippen MR) is 116 cm³/mol. The fourth-order valence-electron chi connectivity index (χ4n) is 3.77. The lowest BCUT2D eigenvalue weighted by Crippen LogP contribution is -2.29. The number of hydrogen-bond donors (Lipinski definition) is 2. The highest BCUT2D eigenvalue weighted by Gasteiger charge is 2.20. The number of furan rings is 1. The number of amides is 1. The van der Waals surface area contributed by atoms with Crippen LogP contribution in [0.5, 0.6) is 0 Å². The number of benzene rings is 2. The van der Waals surface area contributed by atoms with Gasteiger partial charge < -0.3 is 19.3 Å². The Morgan fingerprint density at radius 1 is 1.07 bits per heavy atom. The highest BCUT2D eigenvalue weighted by atomic mass is 16.4. The second-order valence-electron chi connectivity index (χ2n) is 7.37. The van der Waals surface area contributed by atoms with Gasteiger partial charge in [-0.2, -0.15) is 0 Å². The predicted octanol–water partition coefficient (Wildman–Crippen LogP) is 3.86. The summed E-state index contributed by atoms with van der Waals surface area (Å²) in [5.74, 6) is -0.274. The van der Waals surface area contributed by atoms with Gasteiger partial charge in [-0.1, -0.05) is 30.3 Å². The Balaban J connectivity index is 1.84. The van der Waals surface area contributed by atoms with Crippen molar-refractivity contribution in [3.63, 3.8) is 0 Å². The highest BCUT2D eigenvalue weighted by molar-refractivity contribution is 6.05. The van der Waals surface area contributed by atoms with Crippen LogP contribution in [0.3, 0.4) is 0 Å². The Morgan fingerprint density at radius 3 is 2.57 bits per heavy atom. The summed E-state index contributed by atoms with van der Waals surface area (Å²) in [6, 6.07) is 11.9. The Labute approximate surface area is 173 Å². The van der Waals surface area contributed by atoms with Crippen molar-refractivity contribution < 1.29 is 18.7 Å². The number of fused-ring (bicyclic) bond motifs is 2. The van der Waals surface area contributed by atoms with Gasteiger partial charge in [-0.15, -0.1) is 0 Å². The third-order valence-electron chi connectivity index (χ3n) is 5.42. The maximum Gasteiger partial charge on any atom is 0.340 e. The molecule has 2 aromatic heterocycles. The van der Waals surface area contributed by atoms with Crippen LogP contribution in [-0.2, 0) is 11.2 Å². The lowest BCUT2D eigenvalue weighted by Gasteiger charge is -2.10. The van der Waals surface area contributed by atoms with Crippen LogP contribution >= 0.6 is 0 Å². The number of carbonyl (C=O) groups excluding carboxylic acids is 1. The smallest absolute Gasteiger partial charge is 0.340 e. The van der Waals surface area contributed by atoms with Crippen molar-refractivity contribution in [1.82, 2.24) is 5.32 Å². The van der Waals surface area contributed by atoms with Gasteiger partial charge in [0.15, 0.2) is 0 Å². The van der Waals surface area contributed by atoms with Gasteiger partial charge in [0.2, 0.25) is 5.91 Å². The molecule has 0 spiro atoms. The average Bonchev–Trinajstić information content (AvgIpc) is 3.17. The van der Waals surface area contributed by atoms with E-state index in [1.165, 1.54) is 0 Å². The largest absolute Gasteiger partial charge is 0.463 e. The van der Waals surface area contributed by atoms with Crippen molar-refractivity contribution in [3.05, 3.63) is 69.8 Å². The van der Waals surface area contributed by atoms with Crippen molar-refractivity contribution in [1.29, 1.82) is 0 Å². The number of aliphatic hydroxyl groups excluding tert-OH is 1. The van der Waals surface area contributed by atoms with Crippen molar-refractivity contribution in [3.8, 4) is 11.1 Å². The molecule has 154 valence electrons. The molecule has 30 heavy (non-hydrogen) atoms. The van der Waals surface area contributed by atoms with Gasteiger partial charge in [-0.25, -0.2) is 4.79 Å². The van der Waals surface area contributed by atoms with E-state index in [9.17, 15) is 9.59 Å². The van der Waals surface area contributed by atoms with Gasteiger partial charge in [0, 0.05) is 35.1 Å². The molecule has 0 atom stereocenters. The van der Waals surface area contributed by atoms with Crippen LogP contribution in [-0.4, -0.2) is 24.2 Å². The molecular formula is C24H23NO5. The summed E-state index contributed by atoms with van der Waals surface area (Å²) in [6.07, 6.45) is 2.12. The fraction of sp³-hybridized carbons (Fsp3) is 0.250. The van der Waals surface area contributed by atoms with E-state index in [0.29, 0.717) is 29.7 Å². The molecule has 0 saturated carbocycles. The summed E-state index contributed by atoms with van der Waals surface area (Å²) >= 11 is 0. The third kappa shape index (κ3) is 3.50. The minimum absolute atomic E-state index is 0.00114. The summed E-state index contributed by atoms with van der Waals surface area (Å²) in [5, 5.41) is 13.3. The van der Waals surface area contributed by atoms with Crippen LogP contribution in [0.2, 0.25) is 0 Å². The standard InChI is InChI=1S/C24H23NO5/c1-14-17-11-19-20(16-7-4-3-5-8-16)13-29-22(19)15(2)23(17)30-24(28)18(14)12-21(27)25-9-6-10-26/h3-5,7-8,11,13,26H,6,9-10,12H2,1-2H3,(H,25,27). The first-order valence-corrected chi connectivity index (χ1v) is 9.91. The van der Waals surface area contributed by atoms with Crippen molar-refractivity contribution >= 4 is 27.8 Å². The molecule has 0 aliphatic carbocycles. The maximum absolute atomic E-state index is 12.6. The van der Waals surface area contributed by atoms with Crippen LogP contribution in [0.1, 0.15) is 23.1 Å². The van der Waals surface area contributed by atoms with Crippen molar-refractivity contribution in [2.24, 2.45) is 0 Å². The zero-order chi connectivity index (χ0) is 21.3. The number of rotatable bonds is 6. The van der Waals surface area contributed by atoms with E-state index in [-0.39, 0.29) is 18.9 Å². The van der Waals surface area contributed by atoms with Crippen molar-refractivity contribution in [2.75, 3.05) is 13.2 Å². The lowest BCUT2D eigenvalue weighted by molar-refractivity contribution is -0.120. The molecule has 0 aliphatic heterocycles. The summed E-state index contributed by atoms with van der Waals surface area (Å²) in [7, 11) is 0. The first-order valence-electron chi connectivity index (χ1n) is 9.91. The molecule has 0 radical (unpaired) electrons. The number of hydrogen-bond acceptors (Lipinski definition) is 5. The molecule has 0 saturated heterocycles. The molecule has 6 nitrogen and oxygen atoms in total. The van der Waals surface area contributed by atoms with Crippen LogP contribution in [0.4, 0.5) is 0 Å². The molecule has 0 bridgehead atoms. The molecule has 0 fully saturated rings. The van der Waals surface area contributed by atoms with E-state index in [4.69, 9.17) is 13.9 Å². The second-order valence-corrected chi connectivity index (χ2v) is 7.37. The molecule has 4 aromatic rings. The zero-order valence-corrected chi connectivity index (χ0v) is 17.0. The second kappa shape index (κ2) is 8.16. The van der Waals surface area contributed by atoms with Crippen LogP contribution in [0, 0.1) is 13.8 Å². The molecule has 4 rings (SSSR count). The van der Waals surface area contributed by atoms with Gasteiger partial charge in [-0.3, -0.25) is 4.79 Å². The zero-order valence-electron chi connectivity index (χ0n) is 17.0. The minimum Gasteiger partial charge on any atom is -0.463 e. The van der Waals surface area contributed by atoms with E-state index < -0.39 is 5.63 Å². The number of nitrogens with one attached hydrogen (secondary N) is 1. The molecule has 2 N–H and O–H groups in total. The fourth-order valence-corrected chi connectivity index (χ4v) is 3.77. The van der Waals surface area contributed by atoms with E-state index >= 15 is 0 Å². The molecule has 2 heterocycles. The van der Waals surface area contributed by atoms with Gasteiger partial charge in [0.25, 0.3) is 0 Å². The van der Waals surface area contributed by atoms with Gasteiger partial charge in [-0.05, 0) is 37.5 Å². The maximum atomic E-state index is 12.6. The first-order chi connectivity index (χ1) is 14.5. The highest BCUT2D eigenvalue weighted by Crippen LogP contribution is 2.37. The molecule has 1 amide bonds. The number of carbonyl (C=O) groups is 1.